The van der Waals surface area contributed by atoms with Crippen molar-refractivity contribution >= 4 is 0 Å². The topological polar surface area (TPSA) is 12.0 Å². The van der Waals surface area contributed by atoms with E-state index in [9.17, 15) is 0 Å². The molecule has 0 unspecified atom stereocenters. The van der Waals surface area contributed by atoms with E-state index in [-0.39, 0.29) is 0 Å². The average molecular weight is 257 g/mol. The number of rotatable bonds is 5. The first kappa shape index (κ1) is 13.2. The van der Waals surface area contributed by atoms with Gasteiger partial charge in [0.2, 0.25) is 0 Å². The number of hydrogen-bond acceptors (Lipinski definition) is 1. The van der Waals surface area contributed by atoms with Crippen molar-refractivity contribution in [2.45, 2.75) is 57.8 Å². The molecule has 0 radical (unpaired) electrons. The fourth-order valence-electron chi connectivity index (χ4n) is 4.26. The molecule has 0 heterocycles. The van der Waals surface area contributed by atoms with Crippen LogP contribution in [0.5, 0.6) is 0 Å². The fourth-order valence-corrected chi connectivity index (χ4v) is 4.26. The maximum Gasteiger partial charge on any atom is 0.00883 e. The molecule has 0 amide bonds. The first-order valence-corrected chi connectivity index (χ1v) is 7.96. The summed E-state index contributed by atoms with van der Waals surface area (Å²) < 4.78 is 0. The number of aryl methyl sites for hydroxylation is 1. The van der Waals surface area contributed by atoms with Gasteiger partial charge in [-0.2, -0.15) is 0 Å². The first-order chi connectivity index (χ1) is 9.18. The second-order valence-corrected chi connectivity index (χ2v) is 7.03. The Bertz CT molecular complexity index is 420. The van der Waals surface area contributed by atoms with Gasteiger partial charge in [0.05, 0.1) is 0 Å². The van der Waals surface area contributed by atoms with E-state index in [0.29, 0.717) is 5.41 Å². The maximum atomic E-state index is 3.68. The summed E-state index contributed by atoms with van der Waals surface area (Å²) in [6.07, 6.45) is 8.49. The molecule has 1 N–H and O–H groups in total. The predicted octanol–water partition coefficient (Wildman–Crippen LogP) is 4.20. The molecule has 0 aliphatic heterocycles. The minimum atomic E-state index is 0.434. The van der Waals surface area contributed by atoms with Crippen molar-refractivity contribution in [3.05, 3.63) is 35.4 Å². The average Bonchev–Trinajstić information content (AvgIpc) is 2.31. The SMILES string of the molecule is CCCNCC1(c2ccc(C)cc2)CC2(CCC2)C1. The largest absolute Gasteiger partial charge is 0.316 e. The van der Waals surface area contributed by atoms with Gasteiger partial charge in [-0.3, -0.25) is 0 Å². The molecule has 1 aromatic carbocycles. The lowest BCUT2D eigenvalue weighted by molar-refractivity contribution is -0.0481. The van der Waals surface area contributed by atoms with Crippen molar-refractivity contribution in [1.29, 1.82) is 0 Å². The molecule has 3 rings (SSSR count). The summed E-state index contributed by atoms with van der Waals surface area (Å²) in [5.41, 5.74) is 4.11. The van der Waals surface area contributed by atoms with Crippen LogP contribution in [0.25, 0.3) is 0 Å². The molecule has 2 aliphatic carbocycles. The highest BCUT2D eigenvalue weighted by atomic mass is 14.9. The molecule has 0 atom stereocenters. The zero-order valence-corrected chi connectivity index (χ0v) is 12.5. The lowest BCUT2D eigenvalue weighted by Gasteiger charge is -2.62. The molecule has 2 saturated carbocycles. The molecule has 0 aromatic heterocycles. The molecule has 2 fully saturated rings. The summed E-state index contributed by atoms with van der Waals surface area (Å²) in [6, 6.07) is 9.30. The van der Waals surface area contributed by atoms with Crippen LogP contribution in [0.2, 0.25) is 0 Å². The molecule has 1 nitrogen and oxygen atoms in total. The van der Waals surface area contributed by atoms with Crippen LogP contribution in [0.1, 0.15) is 56.6 Å². The Hall–Kier alpha value is -0.820. The van der Waals surface area contributed by atoms with E-state index in [1.165, 1.54) is 50.6 Å². The lowest BCUT2D eigenvalue weighted by atomic mass is 9.43. The Balaban J connectivity index is 1.75. The molecule has 19 heavy (non-hydrogen) atoms. The van der Waals surface area contributed by atoms with Gasteiger partial charge < -0.3 is 5.32 Å². The quantitative estimate of drug-likeness (QED) is 0.780. The molecule has 1 spiro atoms. The zero-order valence-electron chi connectivity index (χ0n) is 12.5. The smallest absolute Gasteiger partial charge is 0.00883 e. The second-order valence-electron chi connectivity index (χ2n) is 7.03. The number of benzene rings is 1. The maximum absolute atomic E-state index is 3.68. The Morgan fingerprint density at radius 2 is 1.79 bits per heavy atom. The molecule has 2 aliphatic rings. The summed E-state index contributed by atoms with van der Waals surface area (Å²) >= 11 is 0. The van der Waals surface area contributed by atoms with E-state index >= 15 is 0 Å². The molecular formula is C18H27N. The van der Waals surface area contributed by atoms with Crippen molar-refractivity contribution in [2.24, 2.45) is 5.41 Å². The van der Waals surface area contributed by atoms with Crippen LogP contribution in [-0.2, 0) is 5.41 Å². The van der Waals surface area contributed by atoms with Gasteiger partial charge in [-0.15, -0.1) is 0 Å². The standard InChI is InChI=1S/C18H27N/c1-3-11-19-14-18(12-17(13-18)9-4-10-17)16-7-5-15(2)6-8-16/h5-8,19H,3-4,9-14H2,1-2H3. The Morgan fingerprint density at radius 3 is 2.32 bits per heavy atom. The monoisotopic (exact) mass is 257 g/mol. The highest BCUT2D eigenvalue weighted by Gasteiger charge is 2.57. The van der Waals surface area contributed by atoms with Gasteiger partial charge in [0.25, 0.3) is 0 Å². The fraction of sp³-hybridized carbons (Fsp3) is 0.667. The summed E-state index contributed by atoms with van der Waals surface area (Å²) in [5.74, 6) is 0. The van der Waals surface area contributed by atoms with Gasteiger partial charge in [0.15, 0.2) is 0 Å². The first-order valence-electron chi connectivity index (χ1n) is 7.96. The minimum absolute atomic E-state index is 0.434. The Labute approximate surface area is 117 Å². The summed E-state index contributed by atoms with van der Waals surface area (Å²) in [6.45, 7) is 6.76. The van der Waals surface area contributed by atoms with E-state index < -0.39 is 0 Å². The van der Waals surface area contributed by atoms with Crippen LogP contribution >= 0.6 is 0 Å². The van der Waals surface area contributed by atoms with E-state index in [4.69, 9.17) is 0 Å². The van der Waals surface area contributed by atoms with Crippen LogP contribution in [0, 0.1) is 12.3 Å². The second kappa shape index (κ2) is 4.94. The third-order valence-corrected chi connectivity index (χ3v) is 5.40. The van der Waals surface area contributed by atoms with Crippen LogP contribution < -0.4 is 5.32 Å². The van der Waals surface area contributed by atoms with Crippen LogP contribution in [0.4, 0.5) is 0 Å². The van der Waals surface area contributed by atoms with E-state index in [1.54, 1.807) is 5.56 Å². The number of hydrogen-bond donors (Lipinski definition) is 1. The molecule has 0 bridgehead atoms. The van der Waals surface area contributed by atoms with Crippen molar-refractivity contribution in [3.63, 3.8) is 0 Å². The van der Waals surface area contributed by atoms with Gasteiger partial charge in [-0.05, 0) is 56.6 Å². The third kappa shape index (κ3) is 2.33. The van der Waals surface area contributed by atoms with Crippen LogP contribution in [-0.4, -0.2) is 13.1 Å². The normalized spacial score (nSPS) is 22.8. The van der Waals surface area contributed by atoms with Crippen LogP contribution in [0.15, 0.2) is 24.3 Å². The van der Waals surface area contributed by atoms with E-state index in [1.807, 2.05) is 0 Å². The van der Waals surface area contributed by atoms with Gasteiger partial charge in [-0.1, -0.05) is 43.2 Å². The molecular weight excluding hydrogens is 230 g/mol. The Morgan fingerprint density at radius 1 is 1.11 bits per heavy atom. The number of nitrogens with one attached hydrogen (secondary N) is 1. The summed E-state index contributed by atoms with van der Waals surface area (Å²) in [5, 5.41) is 3.68. The molecule has 1 heteroatoms. The van der Waals surface area contributed by atoms with Crippen molar-refractivity contribution < 1.29 is 0 Å². The molecule has 0 saturated heterocycles. The minimum Gasteiger partial charge on any atom is -0.316 e. The van der Waals surface area contributed by atoms with E-state index in [2.05, 4.69) is 43.4 Å². The highest BCUT2D eigenvalue weighted by molar-refractivity contribution is 5.34. The summed E-state index contributed by atoms with van der Waals surface area (Å²) in [7, 11) is 0. The predicted molar refractivity (Wildman–Crippen MR) is 81.5 cm³/mol. The van der Waals surface area contributed by atoms with Crippen molar-refractivity contribution in [2.75, 3.05) is 13.1 Å². The molecule has 1 aromatic rings. The van der Waals surface area contributed by atoms with Gasteiger partial charge >= 0.3 is 0 Å². The summed E-state index contributed by atoms with van der Waals surface area (Å²) in [4.78, 5) is 0. The lowest BCUT2D eigenvalue weighted by Crippen LogP contribution is -2.57. The van der Waals surface area contributed by atoms with Crippen LogP contribution in [0.3, 0.4) is 0 Å². The van der Waals surface area contributed by atoms with Gasteiger partial charge in [0.1, 0.15) is 0 Å². The van der Waals surface area contributed by atoms with Crippen molar-refractivity contribution in [1.82, 2.24) is 5.32 Å². The zero-order chi connectivity index (χ0) is 13.3. The molecule has 104 valence electrons. The van der Waals surface area contributed by atoms with E-state index in [0.717, 1.165) is 12.0 Å². The highest BCUT2D eigenvalue weighted by Crippen LogP contribution is 2.64. The Kier molecular flexibility index (Phi) is 3.42. The van der Waals surface area contributed by atoms with Gasteiger partial charge in [0, 0.05) is 12.0 Å². The van der Waals surface area contributed by atoms with Crippen molar-refractivity contribution in [3.8, 4) is 0 Å². The third-order valence-electron chi connectivity index (χ3n) is 5.40. The van der Waals surface area contributed by atoms with Gasteiger partial charge in [-0.25, -0.2) is 0 Å².